The molecule has 0 aliphatic heterocycles. The Bertz CT molecular complexity index is 765. The highest BCUT2D eigenvalue weighted by molar-refractivity contribution is 7.71. The van der Waals surface area contributed by atoms with Crippen LogP contribution >= 0.6 is 23.6 Å². The molecule has 0 bridgehead atoms. The van der Waals surface area contributed by atoms with Crippen LogP contribution in [0.4, 0.5) is 0 Å². The van der Waals surface area contributed by atoms with Crippen molar-refractivity contribution < 1.29 is 0 Å². The van der Waals surface area contributed by atoms with E-state index in [-0.39, 0.29) is 0 Å². The smallest absolute Gasteiger partial charge is 0.178 e. The van der Waals surface area contributed by atoms with Crippen LogP contribution in [-0.2, 0) is 0 Å². The average molecular weight is 302 g/mol. The van der Waals surface area contributed by atoms with Crippen molar-refractivity contribution in [2.24, 2.45) is 0 Å². The molecule has 1 atom stereocenters. The highest BCUT2D eigenvalue weighted by Crippen LogP contribution is 2.31. The molecule has 0 aliphatic carbocycles. The molecule has 20 heavy (non-hydrogen) atoms. The van der Waals surface area contributed by atoms with Crippen molar-refractivity contribution in [3.8, 4) is 0 Å². The second-order valence-electron chi connectivity index (χ2n) is 5.14. The number of imidazole rings is 1. The maximum atomic E-state index is 5.57. The topological polar surface area (TPSA) is 20.7 Å². The number of aromatic nitrogens is 2. The summed E-state index contributed by atoms with van der Waals surface area (Å²) < 4.78 is 3.10. The molecule has 1 aromatic carbocycles. The third-order valence-corrected chi connectivity index (χ3v) is 4.89. The van der Waals surface area contributed by atoms with E-state index < -0.39 is 0 Å². The third-order valence-electron chi connectivity index (χ3n) is 3.62. The zero-order chi connectivity index (χ0) is 14.1. The van der Waals surface area contributed by atoms with Crippen LogP contribution in [0.3, 0.4) is 0 Å². The Morgan fingerprint density at radius 1 is 1.35 bits per heavy atom. The van der Waals surface area contributed by atoms with Crippen molar-refractivity contribution in [2.45, 2.75) is 32.7 Å². The summed E-state index contributed by atoms with van der Waals surface area (Å²) in [5, 5.41) is 2.14. The molecule has 3 rings (SSSR count). The van der Waals surface area contributed by atoms with Gasteiger partial charge in [-0.15, -0.1) is 11.3 Å². The number of hydrogen-bond acceptors (Lipinski definition) is 2. The average Bonchev–Trinajstić information content (AvgIpc) is 3.04. The summed E-state index contributed by atoms with van der Waals surface area (Å²) in [6.45, 7) is 4.35. The molecule has 1 unspecified atom stereocenters. The number of nitrogens with zero attached hydrogens (tertiary/aromatic N) is 1. The van der Waals surface area contributed by atoms with Crippen LogP contribution in [0.15, 0.2) is 35.7 Å². The molecular weight excluding hydrogens is 284 g/mol. The Labute approximate surface area is 128 Å². The number of thiophene rings is 1. The highest BCUT2D eigenvalue weighted by atomic mass is 32.1. The highest BCUT2D eigenvalue weighted by Gasteiger charge is 2.17. The molecule has 0 saturated carbocycles. The molecule has 104 valence electrons. The number of rotatable bonds is 4. The molecule has 0 aliphatic rings. The summed E-state index contributed by atoms with van der Waals surface area (Å²) in [5.41, 5.74) is 3.60. The largest absolute Gasteiger partial charge is 0.331 e. The molecule has 2 heterocycles. The lowest BCUT2D eigenvalue weighted by atomic mass is 10.1. The van der Waals surface area contributed by atoms with Gasteiger partial charge in [0.15, 0.2) is 4.77 Å². The molecule has 0 spiro atoms. The van der Waals surface area contributed by atoms with Gasteiger partial charge in [0.1, 0.15) is 0 Å². The van der Waals surface area contributed by atoms with E-state index in [2.05, 4.69) is 59.1 Å². The number of fused-ring (bicyclic) bond motifs is 1. The normalized spacial score (nSPS) is 12.9. The standard InChI is InChI=1S/C16H18N2S2/c1-3-5-13(15-6-4-9-20-15)18-14-10-11(2)7-8-12(14)17-16(18)19/h4,6-10,13H,3,5H2,1-2H3,(H,17,19). The van der Waals surface area contributed by atoms with Crippen LogP contribution in [0.1, 0.15) is 36.2 Å². The third kappa shape index (κ3) is 2.34. The molecule has 0 saturated heterocycles. The van der Waals surface area contributed by atoms with Crippen LogP contribution in [0.5, 0.6) is 0 Å². The summed E-state index contributed by atoms with van der Waals surface area (Å²) >= 11 is 7.38. The summed E-state index contributed by atoms with van der Waals surface area (Å²) in [4.78, 5) is 4.72. The van der Waals surface area contributed by atoms with E-state index in [1.165, 1.54) is 16.0 Å². The summed E-state index contributed by atoms with van der Waals surface area (Å²) in [5.74, 6) is 0. The second kappa shape index (κ2) is 5.54. The van der Waals surface area contributed by atoms with Gasteiger partial charge >= 0.3 is 0 Å². The SMILES string of the molecule is CCCC(c1cccs1)n1c(=S)[nH]c2ccc(C)cc21. The van der Waals surface area contributed by atoms with E-state index in [0.717, 1.165) is 23.1 Å². The van der Waals surface area contributed by atoms with Gasteiger partial charge in [0.25, 0.3) is 0 Å². The maximum absolute atomic E-state index is 5.57. The second-order valence-corrected chi connectivity index (χ2v) is 6.51. The fourth-order valence-electron chi connectivity index (χ4n) is 2.69. The van der Waals surface area contributed by atoms with Crippen molar-refractivity contribution in [1.29, 1.82) is 0 Å². The first-order chi connectivity index (χ1) is 9.70. The van der Waals surface area contributed by atoms with E-state index in [0.29, 0.717) is 6.04 Å². The van der Waals surface area contributed by atoms with Gasteiger partial charge in [-0.1, -0.05) is 25.5 Å². The Hall–Kier alpha value is -1.39. The quantitative estimate of drug-likeness (QED) is 0.635. The van der Waals surface area contributed by atoms with Gasteiger partial charge in [0.05, 0.1) is 17.1 Å². The molecule has 0 radical (unpaired) electrons. The molecule has 3 aromatic rings. The van der Waals surface area contributed by atoms with Gasteiger partial charge in [-0.3, -0.25) is 0 Å². The number of H-pyrrole nitrogens is 1. The molecule has 2 nitrogen and oxygen atoms in total. The van der Waals surface area contributed by atoms with Crippen molar-refractivity contribution in [1.82, 2.24) is 9.55 Å². The van der Waals surface area contributed by atoms with Crippen molar-refractivity contribution in [3.63, 3.8) is 0 Å². The van der Waals surface area contributed by atoms with Crippen LogP contribution < -0.4 is 0 Å². The summed E-state index contributed by atoms with van der Waals surface area (Å²) in [7, 11) is 0. The lowest BCUT2D eigenvalue weighted by Crippen LogP contribution is -2.09. The molecule has 1 N–H and O–H groups in total. The predicted molar refractivity (Wildman–Crippen MR) is 89.2 cm³/mol. The van der Waals surface area contributed by atoms with E-state index in [9.17, 15) is 0 Å². The van der Waals surface area contributed by atoms with Gasteiger partial charge in [-0.25, -0.2) is 0 Å². The Morgan fingerprint density at radius 2 is 2.20 bits per heavy atom. The minimum atomic E-state index is 0.336. The first-order valence-corrected chi connectivity index (χ1v) is 8.23. The fourth-order valence-corrected chi connectivity index (χ4v) is 3.88. The lowest BCUT2D eigenvalue weighted by Gasteiger charge is -2.18. The maximum Gasteiger partial charge on any atom is 0.178 e. The van der Waals surface area contributed by atoms with Crippen molar-refractivity contribution in [2.75, 3.05) is 0 Å². The van der Waals surface area contributed by atoms with Crippen LogP contribution in [0.25, 0.3) is 11.0 Å². The molecule has 2 aromatic heterocycles. The number of benzene rings is 1. The summed E-state index contributed by atoms with van der Waals surface area (Å²) in [6.07, 6.45) is 2.25. The van der Waals surface area contributed by atoms with Crippen molar-refractivity contribution >= 4 is 34.6 Å². The Kier molecular flexibility index (Phi) is 3.76. The predicted octanol–water partition coefficient (Wildman–Crippen LogP) is 5.46. The lowest BCUT2D eigenvalue weighted by molar-refractivity contribution is 0.548. The Balaban J connectivity index is 2.22. The monoisotopic (exact) mass is 302 g/mol. The zero-order valence-electron chi connectivity index (χ0n) is 11.7. The first-order valence-electron chi connectivity index (χ1n) is 6.95. The number of aryl methyl sites for hydroxylation is 1. The van der Waals surface area contributed by atoms with E-state index in [4.69, 9.17) is 12.2 Å². The first kappa shape index (κ1) is 13.6. The van der Waals surface area contributed by atoms with E-state index >= 15 is 0 Å². The van der Waals surface area contributed by atoms with Crippen molar-refractivity contribution in [3.05, 3.63) is 50.9 Å². The van der Waals surface area contributed by atoms with Gasteiger partial charge in [-0.05, 0) is 54.7 Å². The van der Waals surface area contributed by atoms with Gasteiger partial charge in [0, 0.05) is 4.88 Å². The minimum absolute atomic E-state index is 0.336. The van der Waals surface area contributed by atoms with E-state index in [1.807, 2.05) is 11.3 Å². The number of hydrogen-bond donors (Lipinski definition) is 1. The molecule has 0 amide bonds. The summed E-state index contributed by atoms with van der Waals surface area (Å²) in [6, 6.07) is 11.1. The van der Waals surface area contributed by atoms with Crippen LogP contribution in [0.2, 0.25) is 0 Å². The number of nitrogens with one attached hydrogen (secondary N) is 1. The van der Waals surface area contributed by atoms with Gasteiger partial charge in [0.2, 0.25) is 0 Å². The molecule has 0 fully saturated rings. The minimum Gasteiger partial charge on any atom is -0.331 e. The molecule has 4 heteroatoms. The van der Waals surface area contributed by atoms with Gasteiger partial charge < -0.3 is 9.55 Å². The van der Waals surface area contributed by atoms with Gasteiger partial charge in [-0.2, -0.15) is 0 Å². The zero-order valence-corrected chi connectivity index (χ0v) is 13.4. The molecular formula is C16H18N2S2. The van der Waals surface area contributed by atoms with Crippen LogP contribution in [-0.4, -0.2) is 9.55 Å². The fraction of sp³-hybridized carbons (Fsp3) is 0.312. The van der Waals surface area contributed by atoms with Crippen LogP contribution in [0, 0.1) is 11.7 Å². The van der Waals surface area contributed by atoms with E-state index in [1.54, 1.807) is 0 Å². The number of aromatic amines is 1. The Morgan fingerprint density at radius 3 is 2.90 bits per heavy atom.